The first-order chi connectivity index (χ1) is 5.74. The van der Waals surface area contributed by atoms with Crippen LogP contribution in [-0.4, -0.2) is 5.33 Å². The molecule has 0 spiro atoms. The first kappa shape index (κ1) is 10.6. The number of benzene rings is 1. The van der Waals surface area contributed by atoms with E-state index in [0.29, 0.717) is 0 Å². The molecule has 0 nitrogen and oxygen atoms in total. The van der Waals surface area contributed by atoms with E-state index in [0.717, 1.165) is 27.7 Å². The highest BCUT2D eigenvalue weighted by molar-refractivity contribution is 9.10. The Labute approximate surface area is 94.6 Å². The van der Waals surface area contributed by atoms with E-state index >= 15 is 0 Å². The van der Waals surface area contributed by atoms with Crippen molar-refractivity contribution in [1.29, 1.82) is 0 Å². The van der Waals surface area contributed by atoms with Crippen LogP contribution in [0.15, 0.2) is 22.7 Å². The highest BCUT2D eigenvalue weighted by Gasteiger charge is 1.99. The minimum Gasteiger partial charge on any atom is -0.0928 e. The zero-order valence-electron chi connectivity index (χ0n) is 6.49. The molecule has 0 aliphatic carbocycles. The summed E-state index contributed by atoms with van der Waals surface area (Å²) in [5.74, 6) is 0. The van der Waals surface area contributed by atoms with E-state index in [1.165, 1.54) is 5.56 Å². The van der Waals surface area contributed by atoms with Gasteiger partial charge in [-0.15, -0.1) is 0 Å². The summed E-state index contributed by atoms with van der Waals surface area (Å²) in [5.41, 5.74) is 1.21. The number of hydrogen-bond donors (Lipinski definition) is 0. The summed E-state index contributed by atoms with van der Waals surface area (Å²) in [4.78, 5) is 0. The fourth-order valence-corrected chi connectivity index (χ4v) is 1.89. The molecule has 0 fully saturated rings. The Morgan fingerprint density at radius 2 is 2.08 bits per heavy atom. The molecular formula is C9H9Br2Cl. The van der Waals surface area contributed by atoms with Crippen LogP contribution in [0.5, 0.6) is 0 Å². The predicted molar refractivity (Wildman–Crippen MR) is 61.3 cm³/mol. The van der Waals surface area contributed by atoms with Crippen molar-refractivity contribution in [3.05, 3.63) is 33.3 Å². The summed E-state index contributed by atoms with van der Waals surface area (Å²) in [6, 6.07) is 5.96. The van der Waals surface area contributed by atoms with Gasteiger partial charge < -0.3 is 0 Å². The molecule has 0 bridgehead atoms. The second-order valence-corrected chi connectivity index (χ2v) is 4.64. The largest absolute Gasteiger partial charge is 0.0928 e. The van der Waals surface area contributed by atoms with Crippen molar-refractivity contribution in [2.45, 2.75) is 12.8 Å². The lowest BCUT2D eigenvalue weighted by molar-refractivity contribution is 0.939. The molecule has 0 aromatic heterocycles. The van der Waals surface area contributed by atoms with E-state index < -0.39 is 0 Å². The minimum absolute atomic E-state index is 0.860. The molecule has 0 N–H and O–H groups in total. The van der Waals surface area contributed by atoms with Crippen LogP contribution in [0.1, 0.15) is 12.0 Å². The number of alkyl halides is 1. The SMILES string of the molecule is Clc1ccc(Br)cc1CCCBr. The standard InChI is InChI=1S/C9H9Br2Cl/c10-5-1-2-7-6-8(11)3-4-9(7)12/h3-4,6H,1-2,5H2. The molecule has 12 heavy (non-hydrogen) atoms. The third-order valence-corrected chi connectivity index (χ3v) is 3.01. The van der Waals surface area contributed by atoms with Crippen LogP contribution >= 0.6 is 43.5 Å². The molecule has 66 valence electrons. The highest BCUT2D eigenvalue weighted by Crippen LogP contribution is 2.22. The summed E-state index contributed by atoms with van der Waals surface area (Å²) in [6.45, 7) is 0. The summed E-state index contributed by atoms with van der Waals surface area (Å²) < 4.78 is 1.09. The van der Waals surface area contributed by atoms with Crippen molar-refractivity contribution in [3.63, 3.8) is 0 Å². The summed E-state index contributed by atoms with van der Waals surface area (Å²) in [7, 11) is 0. The Hall–Kier alpha value is 0.470. The Kier molecular flexibility index (Phi) is 4.62. The van der Waals surface area contributed by atoms with Crippen LogP contribution in [-0.2, 0) is 6.42 Å². The van der Waals surface area contributed by atoms with Gasteiger partial charge in [0, 0.05) is 14.8 Å². The van der Waals surface area contributed by atoms with E-state index in [-0.39, 0.29) is 0 Å². The lowest BCUT2D eigenvalue weighted by Crippen LogP contribution is -1.87. The van der Waals surface area contributed by atoms with Gasteiger partial charge in [0.15, 0.2) is 0 Å². The van der Waals surface area contributed by atoms with E-state index in [1.807, 2.05) is 12.1 Å². The van der Waals surface area contributed by atoms with Gasteiger partial charge >= 0.3 is 0 Å². The van der Waals surface area contributed by atoms with Crippen LogP contribution in [0.25, 0.3) is 0 Å². The zero-order valence-corrected chi connectivity index (χ0v) is 10.4. The molecule has 0 heterocycles. The fourth-order valence-electron chi connectivity index (χ4n) is 0.992. The van der Waals surface area contributed by atoms with Crippen LogP contribution in [0.2, 0.25) is 5.02 Å². The average molecular weight is 312 g/mol. The number of aryl methyl sites for hydroxylation is 1. The Bertz CT molecular complexity index is 261. The maximum atomic E-state index is 6.00. The van der Waals surface area contributed by atoms with Gasteiger partial charge in [0.2, 0.25) is 0 Å². The van der Waals surface area contributed by atoms with Crippen molar-refractivity contribution in [2.75, 3.05) is 5.33 Å². The number of hydrogen-bond acceptors (Lipinski definition) is 0. The van der Waals surface area contributed by atoms with Crippen molar-refractivity contribution in [1.82, 2.24) is 0 Å². The average Bonchev–Trinajstić information content (AvgIpc) is 2.07. The van der Waals surface area contributed by atoms with Crippen LogP contribution in [0.4, 0.5) is 0 Å². The van der Waals surface area contributed by atoms with Gasteiger partial charge in [-0.05, 0) is 36.6 Å². The van der Waals surface area contributed by atoms with Crippen molar-refractivity contribution >= 4 is 43.5 Å². The van der Waals surface area contributed by atoms with Gasteiger partial charge in [-0.3, -0.25) is 0 Å². The van der Waals surface area contributed by atoms with E-state index in [1.54, 1.807) is 0 Å². The molecule has 0 radical (unpaired) electrons. The molecule has 1 rings (SSSR count). The van der Waals surface area contributed by atoms with Crippen LogP contribution in [0, 0.1) is 0 Å². The van der Waals surface area contributed by atoms with Gasteiger partial charge in [0.1, 0.15) is 0 Å². The normalized spacial score (nSPS) is 10.2. The van der Waals surface area contributed by atoms with Gasteiger partial charge in [0.25, 0.3) is 0 Å². The highest BCUT2D eigenvalue weighted by atomic mass is 79.9. The smallest absolute Gasteiger partial charge is 0.0438 e. The van der Waals surface area contributed by atoms with Gasteiger partial charge in [-0.25, -0.2) is 0 Å². The molecule has 0 saturated heterocycles. The molecule has 0 unspecified atom stereocenters. The number of halogens is 3. The van der Waals surface area contributed by atoms with Crippen molar-refractivity contribution in [3.8, 4) is 0 Å². The summed E-state index contributed by atoms with van der Waals surface area (Å²) in [5, 5.41) is 1.88. The number of rotatable bonds is 3. The molecule has 0 amide bonds. The Morgan fingerprint density at radius 3 is 2.75 bits per heavy atom. The monoisotopic (exact) mass is 310 g/mol. The van der Waals surface area contributed by atoms with E-state index in [9.17, 15) is 0 Å². The molecule has 0 atom stereocenters. The molecule has 1 aromatic rings. The first-order valence-electron chi connectivity index (χ1n) is 3.74. The van der Waals surface area contributed by atoms with Gasteiger partial charge in [0.05, 0.1) is 0 Å². The third-order valence-electron chi connectivity index (χ3n) is 1.59. The van der Waals surface area contributed by atoms with Gasteiger partial charge in [-0.2, -0.15) is 0 Å². The summed E-state index contributed by atoms with van der Waals surface area (Å²) >= 11 is 12.8. The molecule has 0 aliphatic heterocycles. The zero-order chi connectivity index (χ0) is 8.97. The Morgan fingerprint density at radius 1 is 1.33 bits per heavy atom. The van der Waals surface area contributed by atoms with E-state index in [2.05, 4.69) is 37.9 Å². The molecule has 0 aliphatic rings. The minimum atomic E-state index is 0.860. The lowest BCUT2D eigenvalue weighted by atomic mass is 10.1. The van der Waals surface area contributed by atoms with Crippen LogP contribution < -0.4 is 0 Å². The second kappa shape index (κ2) is 5.25. The van der Waals surface area contributed by atoms with E-state index in [4.69, 9.17) is 11.6 Å². The third kappa shape index (κ3) is 3.08. The second-order valence-electron chi connectivity index (χ2n) is 2.53. The Balaban J connectivity index is 2.75. The molecule has 1 aromatic carbocycles. The topological polar surface area (TPSA) is 0 Å². The first-order valence-corrected chi connectivity index (χ1v) is 6.03. The van der Waals surface area contributed by atoms with Crippen molar-refractivity contribution < 1.29 is 0 Å². The maximum Gasteiger partial charge on any atom is 0.0438 e. The molecular weight excluding hydrogens is 303 g/mol. The summed E-state index contributed by atoms with van der Waals surface area (Å²) in [6.07, 6.45) is 2.15. The van der Waals surface area contributed by atoms with Gasteiger partial charge in [-0.1, -0.05) is 43.5 Å². The lowest BCUT2D eigenvalue weighted by Gasteiger charge is -2.02. The maximum absolute atomic E-state index is 6.00. The quantitative estimate of drug-likeness (QED) is 0.724. The van der Waals surface area contributed by atoms with Crippen LogP contribution in [0.3, 0.4) is 0 Å². The van der Waals surface area contributed by atoms with Crippen molar-refractivity contribution in [2.24, 2.45) is 0 Å². The fraction of sp³-hybridized carbons (Fsp3) is 0.333. The molecule has 3 heteroatoms. The predicted octanol–water partition coefficient (Wildman–Crippen LogP) is 4.43. The molecule has 0 saturated carbocycles.